The molecule has 2 aromatic rings. The standard InChI is InChI=1S/C19H9F12N2/c20-16(21,22)8-33(12-2-1-9(6-32)13(5-12)18(26,27)28)7-10-3-11(17(23,24)25)4-14(15(10)33)19(29,30)31/h1-5H,7-8H2/q+1. The molecule has 178 valence electrons. The maximum absolute atomic E-state index is 13.6. The first-order chi connectivity index (χ1) is 14.8. The molecule has 0 fully saturated rings. The highest BCUT2D eigenvalue weighted by Crippen LogP contribution is 2.56. The predicted octanol–water partition coefficient (Wildman–Crippen LogP) is 7.33. The molecule has 0 N–H and O–H groups in total. The Morgan fingerprint density at radius 3 is 1.79 bits per heavy atom. The summed E-state index contributed by atoms with van der Waals surface area (Å²) in [6, 6.07) is 2.31. The van der Waals surface area contributed by atoms with E-state index in [1.54, 1.807) is 0 Å². The minimum absolute atomic E-state index is 0.116. The van der Waals surface area contributed by atoms with Gasteiger partial charge in [0.15, 0.2) is 12.2 Å². The summed E-state index contributed by atoms with van der Waals surface area (Å²) in [5.74, 6) is 0. The normalized spacial score (nSPS) is 19.0. The zero-order valence-electron chi connectivity index (χ0n) is 15.7. The number of fused-ring (bicyclic) bond motifs is 1. The van der Waals surface area contributed by atoms with Crippen LogP contribution in [0.15, 0.2) is 30.3 Å². The van der Waals surface area contributed by atoms with Crippen molar-refractivity contribution in [2.45, 2.75) is 31.2 Å². The Hall–Kier alpha value is -2.95. The van der Waals surface area contributed by atoms with E-state index in [1.807, 2.05) is 0 Å². The Morgan fingerprint density at radius 1 is 0.758 bits per heavy atom. The van der Waals surface area contributed by atoms with Crippen LogP contribution in [0.25, 0.3) is 0 Å². The number of nitriles is 1. The quantitative estimate of drug-likeness (QED) is 0.318. The first-order valence-corrected chi connectivity index (χ1v) is 8.67. The van der Waals surface area contributed by atoms with Gasteiger partial charge in [-0.1, -0.05) is 0 Å². The molecule has 2 nitrogen and oxygen atoms in total. The van der Waals surface area contributed by atoms with E-state index >= 15 is 0 Å². The predicted molar refractivity (Wildman–Crippen MR) is 88.7 cm³/mol. The SMILES string of the molecule is N#Cc1ccc([N+]2(CC(F)(F)F)Cc3cc(C(F)(F)F)cc(C(F)(F)F)c32)cc1C(F)(F)F. The topological polar surface area (TPSA) is 23.8 Å². The van der Waals surface area contributed by atoms with Gasteiger partial charge in [0.2, 0.25) is 0 Å². The number of benzene rings is 2. The van der Waals surface area contributed by atoms with Gasteiger partial charge in [-0.05, 0) is 18.2 Å². The van der Waals surface area contributed by atoms with Crippen molar-refractivity contribution in [1.82, 2.24) is 4.48 Å². The second-order valence-corrected chi connectivity index (χ2v) is 7.27. The lowest BCUT2D eigenvalue weighted by Gasteiger charge is -2.47. The average molecular weight is 493 g/mol. The molecule has 1 heterocycles. The molecule has 0 bridgehead atoms. The molecule has 3 rings (SSSR count). The summed E-state index contributed by atoms with van der Waals surface area (Å²) in [6.07, 6.45) is -21.2. The second-order valence-electron chi connectivity index (χ2n) is 7.27. The van der Waals surface area contributed by atoms with Crippen molar-refractivity contribution in [3.05, 3.63) is 58.1 Å². The summed E-state index contributed by atoms with van der Waals surface area (Å²) in [5, 5.41) is 8.86. The van der Waals surface area contributed by atoms with Gasteiger partial charge in [0, 0.05) is 12.1 Å². The van der Waals surface area contributed by atoms with E-state index < -0.39 is 81.5 Å². The average Bonchev–Trinajstić information content (AvgIpc) is 2.61. The Bertz CT molecular complexity index is 1130. The molecule has 0 saturated heterocycles. The molecule has 0 amide bonds. The van der Waals surface area contributed by atoms with Crippen molar-refractivity contribution in [2.24, 2.45) is 0 Å². The molecule has 0 radical (unpaired) electrons. The van der Waals surface area contributed by atoms with Crippen LogP contribution >= 0.6 is 0 Å². The molecule has 0 aromatic heterocycles. The van der Waals surface area contributed by atoms with Crippen LogP contribution in [0.3, 0.4) is 0 Å². The van der Waals surface area contributed by atoms with Gasteiger partial charge in [0.05, 0.1) is 28.3 Å². The lowest BCUT2D eigenvalue weighted by molar-refractivity contribution is -0.151. The largest absolute Gasteiger partial charge is 0.439 e. The molecule has 2 aromatic carbocycles. The van der Waals surface area contributed by atoms with Crippen LogP contribution in [0.4, 0.5) is 64.1 Å². The van der Waals surface area contributed by atoms with Gasteiger partial charge in [-0.15, -0.1) is 0 Å². The van der Waals surface area contributed by atoms with Gasteiger partial charge in [-0.2, -0.15) is 57.9 Å². The minimum Gasteiger partial charge on any atom is -0.246 e. The number of hydrogen-bond acceptors (Lipinski definition) is 1. The summed E-state index contributed by atoms with van der Waals surface area (Å²) in [5.41, 5.74) is -9.34. The number of rotatable bonds is 2. The van der Waals surface area contributed by atoms with Crippen LogP contribution in [-0.4, -0.2) is 12.7 Å². The highest BCUT2D eigenvalue weighted by atomic mass is 19.4. The highest BCUT2D eigenvalue weighted by molar-refractivity contribution is 5.75. The lowest BCUT2D eigenvalue weighted by Crippen LogP contribution is -2.57. The summed E-state index contributed by atoms with van der Waals surface area (Å²) in [6.45, 7) is -3.19. The number of hydrogen-bond donors (Lipinski definition) is 0. The summed E-state index contributed by atoms with van der Waals surface area (Å²) in [7, 11) is 0. The molecule has 0 spiro atoms. The Labute approximate surface area is 176 Å². The third-order valence-electron chi connectivity index (χ3n) is 5.06. The molecule has 1 aliphatic rings. The molecule has 1 aliphatic heterocycles. The van der Waals surface area contributed by atoms with E-state index in [9.17, 15) is 52.7 Å². The molecule has 14 heteroatoms. The van der Waals surface area contributed by atoms with Crippen LogP contribution < -0.4 is 4.48 Å². The van der Waals surface area contributed by atoms with Gasteiger partial charge in [-0.3, -0.25) is 0 Å². The zero-order valence-corrected chi connectivity index (χ0v) is 15.7. The number of quaternary nitrogens is 1. The van der Waals surface area contributed by atoms with E-state index in [-0.39, 0.29) is 18.2 Å². The summed E-state index contributed by atoms with van der Waals surface area (Å²) < 4.78 is 158. The second kappa shape index (κ2) is 7.28. The third kappa shape index (κ3) is 4.46. The van der Waals surface area contributed by atoms with Crippen molar-refractivity contribution < 1.29 is 52.7 Å². The Kier molecular flexibility index (Phi) is 5.44. The summed E-state index contributed by atoms with van der Waals surface area (Å²) in [4.78, 5) is 0. The van der Waals surface area contributed by atoms with E-state index in [0.29, 0.717) is 12.1 Å². The van der Waals surface area contributed by atoms with E-state index in [1.165, 1.54) is 6.07 Å². The van der Waals surface area contributed by atoms with Crippen LogP contribution in [0.5, 0.6) is 0 Å². The van der Waals surface area contributed by atoms with Crippen LogP contribution in [0.2, 0.25) is 0 Å². The van der Waals surface area contributed by atoms with Gasteiger partial charge in [0.1, 0.15) is 17.8 Å². The van der Waals surface area contributed by atoms with Crippen LogP contribution in [0, 0.1) is 11.3 Å². The molecular formula is C19H9F12N2+. The van der Waals surface area contributed by atoms with Gasteiger partial charge < -0.3 is 0 Å². The maximum Gasteiger partial charge on any atom is 0.439 e. The highest BCUT2D eigenvalue weighted by Gasteiger charge is 2.58. The fourth-order valence-electron chi connectivity index (χ4n) is 3.86. The van der Waals surface area contributed by atoms with Gasteiger partial charge >= 0.3 is 24.7 Å². The van der Waals surface area contributed by atoms with Gasteiger partial charge in [-0.25, -0.2) is 4.48 Å². The van der Waals surface area contributed by atoms with Crippen LogP contribution in [-0.2, 0) is 25.1 Å². The molecule has 1 atom stereocenters. The zero-order chi connectivity index (χ0) is 25.2. The fraction of sp³-hybridized carbons (Fsp3) is 0.316. The Morgan fingerprint density at radius 2 is 1.33 bits per heavy atom. The first kappa shape index (κ1) is 24.7. The van der Waals surface area contributed by atoms with Crippen molar-refractivity contribution in [3.63, 3.8) is 0 Å². The molecule has 0 aliphatic carbocycles. The van der Waals surface area contributed by atoms with E-state index in [0.717, 1.165) is 0 Å². The minimum atomic E-state index is -5.54. The van der Waals surface area contributed by atoms with E-state index in [2.05, 4.69) is 0 Å². The van der Waals surface area contributed by atoms with Crippen LogP contribution in [0.1, 0.15) is 27.8 Å². The van der Waals surface area contributed by atoms with Crippen molar-refractivity contribution in [1.29, 1.82) is 5.26 Å². The van der Waals surface area contributed by atoms with Crippen molar-refractivity contribution >= 4 is 11.4 Å². The van der Waals surface area contributed by atoms with Crippen molar-refractivity contribution in [3.8, 4) is 6.07 Å². The molecule has 0 saturated carbocycles. The smallest absolute Gasteiger partial charge is 0.246 e. The molecule has 33 heavy (non-hydrogen) atoms. The monoisotopic (exact) mass is 493 g/mol. The fourth-order valence-corrected chi connectivity index (χ4v) is 3.86. The number of halogens is 12. The molecular weight excluding hydrogens is 484 g/mol. The maximum atomic E-state index is 13.6. The Balaban J connectivity index is 2.36. The lowest BCUT2D eigenvalue weighted by atomic mass is 9.89. The first-order valence-electron chi connectivity index (χ1n) is 8.67. The molecule has 1 unspecified atom stereocenters. The summed E-state index contributed by atoms with van der Waals surface area (Å²) >= 11 is 0. The van der Waals surface area contributed by atoms with Crippen molar-refractivity contribution in [2.75, 3.05) is 6.54 Å². The van der Waals surface area contributed by atoms with Gasteiger partial charge in [0.25, 0.3) is 0 Å². The van der Waals surface area contributed by atoms with E-state index in [4.69, 9.17) is 5.26 Å². The number of nitrogens with zero attached hydrogens (tertiary/aromatic N) is 2. The number of alkyl halides is 12. The third-order valence-corrected chi connectivity index (χ3v) is 5.06.